The van der Waals surface area contributed by atoms with Gasteiger partial charge >= 0.3 is 0 Å². The van der Waals surface area contributed by atoms with E-state index in [9.17, 15) is 9.59 Å². The molecular formula is C21H23N3O2. The van der Waals surface area contributed by atoms with E-state index in [4.69, 9.17) is 0 Å². The van der Waals surface area contributed by atoms with Crippen LogP contribution in [0.2, 0.25) is 0 Å². The third-order valence-electron chi connectivity index (χ3n) is 4.86. The van der Waals surface area contributed by atoms with Crippen molar-refractivity contribution in [2.75, 3.05) is 7.05 Å². The summed E-state index contributed by atoms with van der Waals surface area (Å²) in [6.07, 6.45) is 0. The number of benzene rings is 2. The number of fused-ring (bicyclic) bond motifs is 1. The Kier molecular flexibility index (Phi) is 4.89. The van der Waals surface area contributed by atoms with Gasteiger partial charge in [-0.05, 0) is 44.5 Å². The first-order valence-electron chi connectivity index (χ1n) is 8.77. The summed E-state index contributed by atoms with van der Waals surface area (Å²) in [6, 6.07) is 15.2. The molecule has 0 spiro atoms. The van der Waals surface area contributed by atoms with E-state index in [1.54, 1.807) is 41.6 Å². The average molecular weight is 349 g/mol. The fraction of sp³-hybridized carbons (Fsp3) is 0.286. The van der Waals surface area contributed by atoms with Gasteiger partial charge in [0, 0.05) is 19.2 Å². The highest BCUT2D eigenvalue weighted by molar-refractivity contribution is 5.97. The van der Waals surface area contributed by atoms with Crippen LogP contribution in [-0.2, 0) is 6.54 Å². The quantitative estimate of drug-likeness (QED) is 0.724. The van der Waals surface area contributed by atoms with Crippen molar-refractivity contribution in [3.8, 4) is 0 Å². The molecule has 5 heteroatoms. The van der Waals surface area contributed by atoms with Crippen molar-refractivity contribution in [1.82, 2.24) is 14.5 Å². The molecule has 0 fully saturated rings. The molecule has 134 valence electrons. The van der Waals surface area contributed by atoms with Gasteiger partial charge in [0.2, 0.25) is 0 Å². The summed E-state index contributed by atoms with van der Waals surface area (Å²) < 4.78 is 1.68. The maximum Gasteiger partial charge on any atom is 0.272 e. The molecule has 1 amide bonds. The molecular weight excluding hydrogens is 326 g/mol. The molecule has 0 aliphatic carbocycles. The fourth-order valence-corrected chi connectivity index (χ4v) is 3.16. The zero-order valence-corrected chi connectivity index (χ0v) is 15.6. The number of rotatable bonds is 4. The zero-order chi connectivity index (χ0) is 18.8. The topological polar surface area (TPSA) is 55.2 Å². The maximum atomic E-state index is 12.9. The first-order chi connectivity index (χ1) is 12.4. The number of hydrogen-bond donors (Lipinski definition) is 0. The highest BCUT2D eigenvalue weighted by Crippen LogP contribution is 2.22. The summed E-state index contributed by atoms with van der Waals surface area (Å²) >= 11 is 0. The number of nitrogens with zero attached hydrogens (tertiary/aromatic N) is 3. The second-order valence-electron chi connectivity index (χ2n) is 6.45. The highest BCUT2D eigenvalue weighted by Gasteiger charge is 2.19. The van der Waals surface area contributed by atoms with Crippen LogP contribution in [0.5, 0.6) is 0 Å². The Hall–Kier alpha value is -2.95. The molecule has 2 aromatic carbocycles. The minimum absolute atomic E-state index is 0.0429. The Balaban J connectivity index is 1.98. The third-order valence-corrected chi connectivity index (χ3v) is 4.86. The van der Waals surface area contributed by atoms with Gasteiger partial charge < -0.3 is 9.47 Å². The zero-order valence-electron chi connectivity index (χ0n) is 15.6. The first-order valence-corrected chi connectivity index (χ1v) is 8.77. The van der Waals surface area contributed by atoms with Gasteiger partial charge in [0.05, 0.1) is 17.1 Å². The molecule has 0 radical (unpaired) electrons. The molecule has 0 saturated heterocycles. The summed E-state index contributed by atoms with van der Waals surface area (Å²) in [4.78, 5) is 31.3. The van der Waals surface area contributed by atoms with E-state index in [0.29, 0.717) is 23.3 Å². The van der Waals surface area contributed by atoms with E-state index in [1.807, 2.05) is 44.2 Å². The van der Waals surface area contributed by atoms with Crippen molar-refractivity contribution < 1.29 is 4.79 Å². The molecule has 0 unspecified atom stereocenters. The van der Waals surface area contributed by atoms with Gasteiger partial charge in [0.25, 0.3) is 11.5 Å². The molecule has 0 aliphatic rings. The molecule has 5 nitrogen and oxygen atoms in total. The van der Waals surface area contributed by atoms with Crippen LogP contribution in [-0.4, -0.2) is 27.4 Å². The van der Waals surface area contributed by atoms with Gasteiger partial charge in [-0.2, -0.15) is 0 Å². The fourth-order valence-electron chi connectivity index (χ4n) is 3.16. The van der Waals surface area contributed by atoms with E-state index in [2.05, 4.69) is 4.98 Å². The Morgan fingerprint density at radius 3 is 2.54 bits per heavy atom. The lowest BCUT2D eigenvalue weighted by Crippen LogP contribution is -2.30. The lowest BCUT2D eigenvalue weighted by Gasteiger charge is -2.25. The van der Waals surface area contributed by atoms with Gasteiger partial charge in [-0.15, -0.1) is 0 Å². The SMILES string of the molecule is CCn1c(=O)c(C)nc2cc(C(=O)N(C)[C@H](C)c3ccccc3)ccc21. The molecule has 1 heterocycles. The van der Waals surface area contributed by atoms with Crippen LogP contribution in [0.4, 0.5) is 0 Å². The van der Waals surface area contributed by atoms with E-state index < -0.39 is 0 Å². The summed E-state index contributed by atoms with van der Waals surface area (Å²) in [5, 5.41) is 0. The number of amides is 1. The van der Waals surface area contributed by atoms with Crippen molar-refractivity contribution in [3.05, 3.63) is 75.7 Å². The van der Waals surface area contributed by atoms with Crippen molar-refractivity contribution >= 4 is 16.9 Å². The summed E-state index contributed by atoms with van der Waals surface area (Å²) in [6.45, 7) is 6.20. The Labute approximate surface area is 152 Å². The molecule has 3 aromatic rings. The van der Waals surface area contributed by atoms with Crippen LogP contribution < -0.4 is 5.56 Å². The molecule has 0 aliphatic heterocycles. The van der Waals surface area contributed by atoms with Crippen molar-refractivity contribution in [1.29, 1.82) is 0 Å². The molecule has 0 saturated carbocycles. The minimum atomic E-state index is -0.0890. The predicted octanol–water partition coefficient (Wildman–Crippen LogP) is 3.56. The summed E-state index contributed by atoms with van der Waals surface area (Å²) in [5.41, 5.74) is 3.41. The molecule has 1 atom stereocenters. The van der Waals surface area contributed by atoms with E-state index in [0.717, 1.165) is 11.1 Å². The summed E-state index contributed by atoms with van der Waals surface area (Å²) in [7, 11) is 1.80. The normalized spacial score (nSPS) is 12.2. The highest BCUT2D eigenvalue weighted by atomic mass is 16.2. The van der Waals surface area contributed by atoms with Crippen molar-refractivity contribution in [3.63, 3.8) is 0 Å². The maximum absolute atomic E-state index is 12.9. The van der Waals surface area contributed by atoms with Gasteiger partial charge in [0.1, 0.15) is 5.69 Å². The van der Waals surface area contributed by atoms with Crippen LogP contribution in [0.3, 0.4) is 0 Å². The summed E-state index contributed by atoms with van der Waals surface area (Å²) in [5.74, 6) is -0.0723. The largest absolute Gasteiger partial charge is 0.335 e. The lowest BCUT2D eigenvalue weighted by molar-refractivity contribution is 0.0743. The predicted molar refractivity (Wildman–Crippen MR) is 103 cm³/mol. The van der Waals surface area contributed by atoms with Crippen LogP contribution >= 0.6 is 0 Å². The van der Waals surface area contributed by atoms with Gasteiger partial charge in [-0.1, -0.05) is 30.3 Å². The third kappa shape index (κ3) is 3.12. The van der Waals surface area contributed by atoms with Crippen molar-refractivity contribution in [2.45, 2.75) is 33.4 Å². The lowest BCUT2D eigenvalue weighted by atomic mass is 10.1. The Bertz CT molecular complexity index is 1010. The second-order valence-corrected chi connectivity index (χ2v) is 6.45. The monoisotopic (exact) mass is 349 g/mol. The number of carbonyl (C=O) groups excluding carboxylic acids is 1. The van der Waals surface area contributed by atoms with Crippen LogP contribution in [0.1, 0.15) is 41.5 Å². The molecule has 3 rings (SSSR count). The number of aryl methyl sites for hydroxylation is 2. The molecule has 0 bridgehead atoms. The number of aromatic nitrogens is 2. The van der Waals surface area contributed by atoms with Gasteiger partial charge in [-0.25, -0.2) is 4.98 Å². The second kappa shape index (κ2) is 7.12. The number of hydrogen-bond acceptors (Lipinski definition) is 3. The van der Waals surface area contributed by atoms with Crippen LogP contribution in [0.25, 0.3) is 11.0 Å². The molecule has 1 aromatic heterocycles. The van der Waals surface area contributed by atoms with E-state index in [-0.39, 0.29) is 17.5 Å². The van der Waals surface area contributed by atoms with E-state index in [1.165, 1.54) is 0 Å². The first kappa shape index (κ1) is 17.9. The Morgan fingerprint density at radius 1 is 1.19 bits per heavy atom. The van der Waals surface area contributed by atoms with Crippen molar-refractivity contribution in [2.24, 2.45) is 0 Å². The Morgan fingerprint density at radius 2 is 1.88 bits per heavy atom. The minimum Gasteiger partial charge on any atom is -0.335 e. The number of carbonyl (C=O) groups is 1. The molecule has 26 heavy (non-hydrogen) atoms. The molecule has 0 N–H and O–H groups in total. The smallest absolute Gasteiger partial charge is 0.272 e. The van der Waals surface area contributed by atoms with Crippen LogP contribution in [0.15, 0.2) is 53.3 Å². The van der Waals surface area contributed by atoms with E-state index >= 15 is 0 Å². The average Bonchev–Trinajstić information content (AvgIpc) is 2.67. The van der Waals surface area contributed by atoms with Crippen LogP contribution in [0, 0.1) is 6.92 Å². The standard InChI is InChI=1S/C21H23N3O2/c1-5-24-19-12-11-17(13-18(19)22-14(2)20(24)25)21(26)23(4)15(3)16-9-7-6-8-10-16/h6-13,15H,5H2,1-4H3/t15-/m1/s1. The van der Waals surface area contributed by atoms with Gasteiger partial charge in [-0.3, -0.25) is 9.59 Å². The van der Waals surface area contributed by atoms with Gasteiger partial charge in [0.15, 0.2) is 0 Å².